The number of rotatable bonds is 6. The lowest BCUT2D eigenvalue weighted by atomic mass is 9.99. The molecule has 162 valence electrons. The van der Waals surface area contributed by atoms with Crippen LogP contribution in [0.3, 0.4) is 0 Å². The van der Waals surface area contributed by atoms with E-state index in [9.17, 15) is 14.0 Å². The molecule has 7 nitrogen and oxygen atoms in total. The number of fused-ring (bicyclic) bond motifs is 1. The number of ether oxygens (including phenoxy) is 1. The van der Waals surface area contributed by atoms with Crippen LogP contribution in [-0.2, 0) is 11.2 Å². The van der Waals surface area contributed by atoms with E-state index in [0.717, 1.165) is 0 Å². The van der Waals surface area contributed by atoms with Crippen LogP contribution in [0.4, 0.5) is 10.1 Å². The van der Waals surface area contributed by atoms with Gasteiger partial charge in [0, 0.05) is 35.8 Å². The van der Waals surface area contributed by atoms with Crippen molar-refractivity contribution in [2.75, 3.05) is 11.2 Å². The van der Waals surface area contributed by atoms with E-state index in [-0.39, 0.29) is 29.6 Å². The standard InChI is InChI=1S/C23H17ClFN3O4/c1-13-16-7-6-15(31-23-26-8-3-9-27-23)11-19(16)32-22(30)17(13)10-14-4-2-5-18(21(14)25)28-20(29)12-24/h2-9,11H,10,12H2,1H3,(H,28,29). The molecule has 0 unspecified atom stereocenters. The maximum Gasteiger partial charge on any atom is 0.340 e. The molecule has 2 aromatic carbocycles. The number of nitrogens with zero attached hydrogens (tertiary/aromatic N) is 2. The Bertz CT molecular complexity index is 1360. The number of anilines is 1. The van der Waals surface area contributed by atoms with Gasteiger partial charge in [-0.05, 0) is 42.3 Å². The van der Waals surface area contributed by atoms with E-state index in [1.165, 1.54) is 6.07 Å². The molecule has 0 aliphatic rings. The molecule has 0 aliphatic carbocycles. The fourth-order valence-electron chi connectivity index (χ4n) is 3.27. The molecule has 0 aliphatic heterocycles. The van der Waals surface area contributed by atoms with Gasteiger partial charge in [-0.2, -0.15) is 0 Å². The van der Waals surface area contributed by atoms with Crippen LogP contribution in [-0.4, -0.2) is 21.8 Å². The second-order valence-corrected chi connectivity index (χ2v) is 7.19. The lowest BCUT2D eigenvalue weighted by Gasteiger charge is -2.12. The van der Waals surface area contributed by atoms with Crippen LogP contribution < -0.4 is 15.7 Å². The third kappa shape index (κ3) is 4.45. The van der Waals surface area contributed by atoms with Crippen molar-refractivity contribution in [3.8, 4) is 11.8 Å². The van der Waals surface area contributed by atoms with Gasteiger partial charge in [0.2, 0.25) is 5.91 Å². The maximum absolute atomic E-state index is 14.9. The summed E-state index contributed by atoms with van der Waals surface area (Å²) in [6.07, 6.45) is 3.10. The molecule has 2 heterocycles. The van der Waals surface area contributed by atoms with Crippen LogP contribution in [0.15, 0.2) is 64.1 Å². The van der Waals surface area contributed by atoms with Crippen LogP contribution in [0.25, 0.3) is 11.0 Å². The average Bonchev–Trinajstić information content (AvgIpc) is 2.79. The minimum atomic E-state index is -0.628. The Morgan fingerprint density at radius 3 is 2.72 bits per heavy atom. The van der Waals surface area contributed by atoms with Crippen LogP contribution in [0.2, 0.25) is 0 Å². The Morgan fingerprint density at radius 2 is 1.97 bits per heavy atom. The summed E-state index contributed by atoms with van der Waals surface area (Å²) in [4.78, 5) is 32.2. The van der Waals surface area contributed by atoms with E-state index < -0.39 is 17.3 Å². The molecule has 0 fully saturated rings. The average molecular weight is 454 g/mol. The SMILES string of the molecule is Cc1c(Cc2cccc(NC(=O)CCl)c2F)c(=O)oc2cc(Oc3ncccn3)ccc12. The summed E-state index contributed by atoms with van der Waals surface area (Å²) in [5.74, 6) is -1.04. The van der Waals surface area contributed by atoms with Crippen molar-refractivity contribution in [1.29, 1.82) is 0 Å². The Balaban J connectivity index is 1.67. The Labute approximate surface area is 186 Å². The minimum absolute atomic E-state index is 0.000835. The summed E-state index contributed by atoms with van der Waals surface area (Å²) in [5, 5.41) is 3.09. The molecular formula is C23H17ClFN3O4. The van der Waals surface area contributed by atoms with Gasteiger partial charge in [0.25, 0.3) is 0 Å². The zero-order valence-corrected chi connectivity index (χ0v) is 17.6. The minimum Gasteiger partial charge on any atom is -0.424 e. The van der Waals surface area contributed by atoms with Crippen molar-refractivity contribution in [2.45, 2.75) is 13.3 Å². The molecule has 4 aromatic rings. The quantitative estimate of drug-likeness (QED) is 0.339. The number of alkyl halides is 1. The summed E-state index contributed by atoms with van der Waals surface area (Å²) in [5.41, 5.74) is 0.964. The number of aryl methyl sites for hydroxylation is 1. The van der Waals surface area contributed by atoms with Crippen LogP contribution in [0.1, 0.15) is 16.7 Å². The van der Waals surface area contributed by atoms with E-state index in [2.05, 4.69) is 15.3 Å². The summed E-state index contributed by atoms with van der Waals surface area (Å²) in [6.45, 7) is 1.77. The normalized spacial score (nSPS) is 10.8. The lowest BCUT2D eigenvalue weighted by molar-refractivity contribution is -0.113. The highest BCUT2D eigenvalue weighted by Crippen LogP contribution is 2.28. The van der Waals surface area contributed by atoms with E-state index >= 15 is 0 Å². The topological polar surface area (TPSA) is 94.3 Å². The molecule has 0 spiro atoms. The molecule has 0 saturated heterocycles. The number of hydrogen-bond donors (Lipinski definition) is 1. The number of halogens is 2. The molecule has 4 rings (SSSR count). The second kappa shape index (κ2) is 9.15. The highest BCUT2D eigenvalue weighted by atomic mass is 35.5. The van der Waals surface area contributed by atoms with E-state index in [0.29, 0.717) is 27.8 Å². The van der Waals surface area contributed by atoms with E-state index in [1.54, 1.807) is 55.7 Å². The van der Waals surface area contributed by atoms with Gasteiger partial charge in [-0.15, -0.1) is 11.6 Å². The molecule has 0 bridgehead atoms. The first kappa shape index (κ1) is 21.5. The number of carbonyl (C=O) groups excluding carboxylic acids is 1. The fraction of sp³-hybridized carbons (Fsp3) is 0.130. The summed E-state index contributed by atoms with van der Waals surface area (Å²) in [7, 11) is 0. The van der Waals surface area contributed by atoms with E-state index in [4.69, 9.17) is 20.8 Å². The molecule has 2 aromatic heterocycles. The van der Waals surface area contributed by atoms with E-state index in [1.807, 2.05) is 0 Å². The molecule has 1 N–H and O–H groups in total. The number of hydrogen-bond acceptors (Lipinski definition) is 6. The molecule has 0 atom stereocenters. The lowest BCUT2D eigenvalue weighted by Crippen LogP contribution is -2.15. The van der Waals surface area contributed by atoms with Crippen molar-refractivity contribution in [3.63, 3.8) is 0 Å². The molecule has 1 amide bonds. The fourth-order valence-corrected chi connectivity index (χ4v) is 3.34. The number of amides is 1. The molecule has 0 radical (unpaired) electrons. The molecular weight excluding hydrogens is 437 g/mol. The monoisotopic (exact) mass is 453 g/mol. The third-order valence-corrected chi connectivity index (χ3v) is 5.09. The predicted molar refractivity (Wildman–Crippen MR) is 118 cm³/mol. The van der Waals surface area contributed by atoms with Crippen molar-refractivity contribution < 1.29 is 18.3 Å². The number of benzene rings is 2. The summed E-state index contributed by atoms with van der Waals surface area (Å²) >= 11 is 5.47. The Hall–Kier alpha value is -3.78. The number of aromatic nitrogens is 2. The smallest absolute Gasteiger partial charge is 0.340 e. The van der Waals surface area contributed by atoms with Crippen molar-refractivity contribution in [1.82, 2.24) is 9.97 Å². The third-order valence-electron chi connectivity index (χ3n) is 4.85. The van der Waals surface area contributed by atoms with Crippen molar-refractivity contribution in [2.24, 2.45) is 0 Å². The van der Waals surface area contributed by atoms with Gasteiger partial charge >= 0.3 is 11.6 Å². The molecule has 32 heavy (non-hydrogen) atoms. The van der Waals surface area contributed by atoms with Crippen LogP contribution in [0, 0.1) is 12.7 Å². The van der Waals surface area contributed by atoms with Gasteiger partial charge in [-0.3, -0.25) is 4.79 Å². The highest BCUT2D eigenvalue weighted by molar-refractivity contribution is 6.29. The van der Waals surface area contributed by atoms with Gasteiger partial charge in [0.15, 0.2) is 0 Å². The summed E-state index contributed by atoms with van der Waals surface area (Å²) < 4.78 is 25.9. The van der Waals surface area contributed by atoms with Gasteiger partial charge in [0.1, 0.15) is 23.0 Å². The van der Waals surface area contributed by atoms with Gasteiger partial charge in [-0.25, -0.2) is 19.2 Å². The number of carbonyl (C=O) groups is 1. The highest BCUT2D eigenvalue weighted by Gasteiger charge is 2.17. The van der Waals surface area contributed by atoms with Gasteiger partial charge in [-0.1, -0.05) is 12.1 Å². The van der Waals surface area contributed by atoms with Gasteiger partial charge < -0.3 is 14.5 Å². The zero-order chi connectivity index (χ0) is 22.7. The molecule has 9 heteroatoms. The summed E-state index contributed by atoms with van der Waals surface area (Å²) in [6, 6.07) is 11.4. The maximum atomic E-state index is 14.9. The largest absolute Gasteiger partial charge is 0.424 e. The van der Waals surface area contributed by atoms with Crippen LogP contribution in [0.5, 0.6) is 11.8 Å². The number of nitrogens with one attached hydrogen (secondary N) is 1. The first-order valence-electron chi connectivity index (χ1n) is 9.60. The Morgan fingerprint density at radius 1 is 1.19 bits per heavy atom. The first-order valence-corrected chi connectivity index (χ1v) is 10.1. The van der Waals surface area contributed by atoms with Gasteiger partial charge in [0.05, 0.1) is 5.69 Å². The predicted octanol–water partition coefficient (Wildman–Crippen LogP) is 4.59. The van der Waals surface area contributed by atoms with Crippen LogP contribution >= 0.6 is 11.6 Å². The second-order valence-electron chi connectivity index (χ2n) is 6.92. The Kier molecular flexibility index (Phi) is 6.13. The van der Waals surface area contributed by atoms with Crippen molar-refractivity contribution in [3.05, 3.63) is 87.8 Å². The zero-order valence-electron chi connectivity index (χ0n) is 16.9. The first-order chi connectivity index (χ1) is 15.5. The molecule has 0 saturated carbocycles. The van der Waals surface area contributed by atoms with Crippen molar-refractivity contribution >= 4 is 34.2 Å².